The summed E-state index contributed by atoms with van der Waals surface area (Å²) in [6.45, 7) is 3.85. The smallest absolute Gasteiger partial charge is 0.348 e. The predicted octanol–water partition coefficient (Wildman–Crippen LogP) is 2.31. The summed E-state index contributed by atoms with van der Waals surface area (Å²) in [6.07, 6.45) is -0.0996. The number of hydrogen-bond acceptors (Lipinski definition) is 13. The molecule has 1 spiro atoms. The molecule has 9 rings (SSSR count). The first-order chi connectivity index (χ1) is 28.4. The summed E-state index contributed by atoms with van der Waals surface area (Å²) >= 11 is 0. The van der Waals surface area contributed by atoms with E-state index in [-0.39, 0.29) is 45.2 Å². The minimum Gasteiger partial charge on any atom is -0.462 e. The molecule has 59 heavy (non-hydrogen) atoms. The van der Waals surface area contributed by atoms with Crippen LogP contribution in [0.3, 0.4) is 0 Å². The van der Waals surface area contributed by atoms with Crippen LogP contribution in [0.1, 0.15) is 58.4 Å². The molecule has 5 fully saturated rings. The molecule has 15 nitrogen and oxygen atoms in total. The van der Waals surface area contributed by atoms with Crippen LogP contribution in [-0.4, -0.2) is 102 Å². The highest BCUT2D eigenvalue weighted by atomic mass is 16.8. The molecule has 0 radical (unpaired) electrons. The largest absolute Gasteiger partial charge is 0.462 e. The van der Waals surface area contributed by atoms with Gasteiger partial charge in [-0.1, -0.05) is 74.5 Å². The number of ether oxygens (including phenoxy) is 5. The van der Waals surface area contributed by atoms with Crippen LogP contribution in [0.4, 0.5) is 0 Å². The molecule has 1 saturated carbocycles. The summed E-state index contributed by atoms with van der Waals surface area (Å²) in [5.74, 6) is -3.62. The van der Waals surface area contributed by atoms with Gasteiger partial charge in [-0.15, -0.1) is 0 Å². The first kappa shape index (κ1) is 39.0. The molecule has 308 valence electrons. The van der Waals surface area contributed by atoms with Crippen molar-refractivity contribution in [2.75, 3.05) is 19.8 Å². The molecular formula is C44H45N3O12. The van der Waals surface area contributed by atoms with Crippen LogP contribution in [0.2, 0.25) is 0 Å². The summed E-state index contributed by atoms with van der Waals surface area (Å²) in [5, 5.41) is 16.3. The maximum atomic E-state index is 14.8. The Hall–Kier alpha value is -5.45. The Labute approximate surface area is 339 Å². The molecule has 3 aromatic rings. The Kier molecular flexibility index (Phi) is 9.91. The van der Waals surface area contributed by atoms with Crippen molar-refractivity contribution in [3.8, 4) is 0 Å². The molecule has 7 atom stereocenters. The van der Waals surface area contributed by atoms with Crippen LogP contribution in [0.25, 0.3) is 6.08 Å². The SMILES string of the molecule is CC1(C)COC(=O)C1OC(=O)C=Cc1ccc(CN2OC3C4OC5(Cc6ccccc6C5)OC4C4CC3(C(=O)NCc3cccc(C(=O)NCCO)c3)C2C(=O)O4)cc1. The zero-order chi connectivity index (χ0) is 41.1. The van der Waals surface area contributed by atoms with Gasteiger partial charge in [0.1, 0.15) is 36.4 Å². The molecule has 3 N–H and O–H groups in total. The first-order valence-corrected chi connectivity index (χ1v) is 19.8. The van der Waals surface area contributed by atoms with Crippen molar-refractivity contribution in [3.05, 3.63) is 112 Å². The lowest BCUT2D eigenvalue weighted by Crippen LogP contribution is -2.69. The van der Waals surface area contributed by atoms with Crippen LogP contribution in [-0.2, 0) is 73.6 Å². The third-order valence-electron chi connectivity index (χ3n) is 12.2. The first-order valence-electron chi connectivity index (χ1n) is 19.8. The second kappa shape index (κ2) is 15.0. The summed E-state index contributed by atoms with van der Waals surface area (Å²) < 4.78 is 30.1. The lowest BCUT2D eigenvalue weighted by molar-refractivity contribution is -0.217. The van der Waals surface area contributed by atoms with Crippen molar-refractivity contribution in [2.45, 2.75) is 88.5 Å². The molecule has 2 bridgehead atoms. The summed E-state index contributed by atoms with van der Waals surface area (Å²) in [4.78, 5) is 72.9. The number of rotatable bonds is 11. The molecule has 7 unspecified atom stereocenters. The van der Waals surface area contributed by atoms with Gasteiger partial charge in [-0.2, -0.15) is 5.06 Å². The molecular weight excluding hydrogens is 762 g/mol. The molecule has 15 heteroatoms. The highest BCUT2D eigenvalue weighted by Gasteiger charge is 2.76. The fourth-order valence-corrected chi connectivity index (χ4v) is 9.37. The van der Waals surface area contributed by atoms with Gasteiger partial charge in [0.2, 0.25) is 12.0 Å². The number of aliphatic hydroxyl groups is 1. The second-order valence-corrected chi connectivity index (χ2v) is 16.8. The lowest BCUT2D eigenvalue weighted by atomic mass is 9.62. The van der Waals surface area contributed by atoms with E-state index in [0.717, 1.165) is 16.7 Å². The Balaban J connectivity index is 0.960. The van der Waals surface area contributed by atoms with Crippen LogP contribution in [0.15, 0.2) is 78.9 Å². The van der Waals surface area contributed by atoms with Crippen molar-refractivity contribution in [3.63, 3.8) is 0 Å². The van der Waals surface area contributed by atoms with E-state index < -0.39 is 77.0 Å². The normalized spacial score (nSPS) is 29.5. The number of cyclic esters (lactones) is 1. The van der Waals surface area contributed by atoms with Gasteiger partial charge >= 0.3 is 17.9 Å². The number of esters is 3. The van der Waals surface area contributed by atoms with Crippen molar-refractivity contribution in [2.24, 2.45) is 10.8 Å². The second-order valence-electron chi connectivity index (χ2n) is 16.8. The van der Waals surface area contributed by atoms with E-state index >= 15 is 0 Å². The van der Waals surface area contributed by atoms with Gasteiger partial charge in [0.05, 0.1) is 13.2 Å². The van der Waals surface area contributed by atoms with Crippen LogP contribution in [0.5, 0.6) is 0 Å². The Morgan fingerprint density at radius 2 is 1.66 bits per heavy atom. The van der Waals surface area contributed by atoms with Gasteiger partial charge in [-0.05, 0) is 46.0 Å². The van der Waals surface area contributed by atoms with Crippen molar-refractivity contribution < 1.29 is 57.6 Å². The monoisotopic (exact) mass is 807 g/mol. The number of nitrogens with one attached hydrogen (secondary N) is 2. The predicted molar refractivity (Wildman–Crippen MR) is 205 cm³/mol. The highest BCUT2D eigenvalue weighted by Crippen LogP contribution is 2.58. The highest BCUT2D eigenvalue weighted by molar-refractivity contribution is 5.95. The molecule has 4 aliphatic heterocycles. The fourth-order valence-electron chi connectivity index (χ4n) is 9.37. The minimum absolute atomic E-state index is 0.0661. The number of fused-ring (bicyclic) bond motifs is 5. The number of hydroxylamine groups is 2. The van der Waals surface area contributed by atoms with E-state index in [1.54, 1.807) is 56.3 Å². The minimum atomic E-state index is -1.42. The maximum Gasteiger partial charge on any atom is 0.348 e. The zero-order valence-corrected chi connectivity index (χ0v) is 32.6. The molecule has 6 aliphatic rings. The number of aliphatic hydroxyl groups excluding tert-OH is 1. The van der Waals surface area contributed by atoms with E-state index in [2.05, 4.69) is 10.6 Å². The summed E-state index contributed by atoms with van der Waals surface area (Å²) in [5.41, 5.74) is 2.64. The Bertz CT molecular complexity index is 2200. The summed E-state index contributed by atoms with van der Waals surface area (Å²) in [6, 6.07) is 21.0. The molecule has 2 amide bonds. The number of carbonyl (C=O) groups excluding carboxylic acids is 5. The molecule has 2 aliphatic carbocycles. The van der Waals surface area contributed by atoms with Crippen molar-refractivity contribution in [1.29, 1.82) is 0 Å². The van der Waals surface area contributed by atoms with Gasteiger partial charge in [0, 0.05) is 49.4 Å². The number of amides is 2. The van der Waals surface area contributed by atoms with Gasteiger partial charge < -0.3 is 39.4 Å². The average Bonchev–Trinajstić information content (AvgIpc) is 3.96. The Morgan fingerprint density at radius 3 is 2.37 bits per heavy atom. The average molecular weight is 808 g/mol. The van der Waals surface area contributed by atoms with Crippen LogP contribution >= 0.6 is 0 Å². The molecule has 4 saturated heterocycles. The third kappa shape index (κ3) is 7.00. The van der Waals surface area contributed by atoms with Gasteiger partial charge in [-0.25, -0.2) is 9.59 Å². The van der Waals surface area contributed by atoms with E-state index in [1.807, 2.05) is 36.4 Å². The van der Waals surface area contributed by atoms with E-state index in [4.69, 9.17) is 33.6 Å². The topological polar surface area (TPSA) is 188 Å². The van der Waals surface area contributed by atoms with Crippen LogP contribution < -0.4 is 10.6 Å². The fraction of sp³-hybridized carbons (Fsp3) is 0.432. The zero-order valence-electron chi connectivity index (χ0n) is 32.6. The van der Waals surface area contributed by atoms with Gasteiger partial charge in [-0.3, -0.25) is 19.2 Å². The van der Waals surface area contributed by atoms with E-state index in [0.29, 0.717) is 29.5 Å². The summed E-state index contributed by atoms with van der Waals surface area (Å²) in [7, 11) is 0. The van der Waals surface area contributed by atoms with Gasteiger partial charge in [0.15, 0.2) is 11.8 Å². The number of carbonyl (C=O) groups is 5. The van der Waals surface area contributed by atoms with E-state index in [1.165, 1.54) is 11.1 Å². The van der Waals surface area contributed by atoms with Crippen LogP contribution in [0, 0.1) is 10.8 Å². The lowest BCUT2D eigenvalue weighted by Gasteiger charge is -2.48. The molecule has 3 aromatic carbocycles. The Morgan fingerprint density at radius 1 is 0.915 bits per heavy atom. The van der Waals surface area contributed by atoms with E-state index in [9.17, 15) is 24.0 Å². The quantitative estimate of drug-likeness (QED) is 0.146. The number of benzene rings is 3. The number of hydrogen-bond donors (Lipinski definition) is 3. The maximum absolute atomic E-state index is 14.8. The molecule has 4 heterocycles. The molecule has 0 aromatic heterocycles. The van der Waals surface area contributed by atoms with Gasteiger partial charge in [0.25, 0.3) is 5.91 Å². The third-order valence-corrected chi connectivity index (χ3v) is 12.2. The van der Waals surface area contributed by atoms with Crippen molar-refractivity contribution in [1.82, 2.24) is 15.7 Å². The standard InChI is InChI=1S/C44H45N3O12/c1-42(2)24-54-40(52)37(42)56-32(49)15-14-25-10-12-26(13-11-25)23-47-35-39(51)55-31-21-44(35,41(53)46-22-27-6-5-9-28(18-27)38(50)45-16-17-48)36(59-47)34-33(31)57-43(58-34)19-29-7-3-4-8-30(29)20-43/h3-15,18,31,33-37,48H,16-17,19-24H2,1-2H3,(H,45,50)(H,46,53). The van der Waals surface area contributed by atoms with Crippen molar-refractivity contribution >= 4 is 35.8 Å². The number of nitrogens with zero attached hydrogens (tertiary/aromatic N) is 1.